The average Bonchev–Trinajstić information content (AvgIpc) is 3.49. The van der Waals surface area contributed by atoms with E-state index in [1.165, 1.54) is 0 Å². The van der Waals surface area contributed by atoms with Gasteiger partial charge in [0.1, 0.15) is 12.3 Å². The largest absolute Gasteiger partial charge is 0.467 e. The minimum absolute atomic E-state index is 0.546. The molecule has 0 aliphatic rings. The quantitative estimate of drug-likeness (QED) is 0.298. The Hall–Kier alpha value is -3.01. The van der Waals surface area contributed by atoms with E-state index in [-0.39, 0.29) is 0 Å². The number of furan rings is 1. The van der Waals surface area contributed by atoms with Crippen molar-refractivity contribution in [3.8, 4) is 11.4 Å². The van der Waals surface area contributed by atoms with Crippen molar-refractivity contribution in [1.29, 1.82) is 0 Å². The van der Waals surface area contributed by atoms with Crippen molar-refractivity contribution in [2.75, 3.05) is 5.75 Å². The third-order valence-corrected chi connectivity index (χ3v) is 5.15. The number of hydrogen-bond donors (Lipinski definition) is 0. The summed E-state index contributed by atoms with van der Waals surface area (Å²) in [5.74, 6) is 2.46. The normalized spacial score (nSPS) is 11.1. The van der Waals surface area contributed by atoms with Crippen LogP contribution in [-0.4, -0.2) is 46.2 Å². The minimum atomic E-state index is 0.546. The Morgan fingerprint density at radius 3 is 2.71 bits per heavy atom. The topological polar surface area (TPSA) is 100 Å². The van der Waals surface area contributed by atoms with E-state index in [1.54, 1.807) is 27.5 Å². The minimum Gasteiger partial charge on any atom is -0.467 e. The average molecular weight is 396 g/mol. The number of aryl methyl sites for hydroxylation is 1. The number of rotatable bonds is 10. The molecule has 4 rings (SSSR count). The molecule has 0 saturated carbocycles. The highest BCUT2D eigenvalue weighted by molar-refractivity contribution is 7.99. The Bertz CT molecular complexity index is 967. The van der Waals surface area contributed by atoms with E-state index in [0.717, 1.165) is 48.0 Å². The van der Waals surface area contributed by atoms with Crippen LogP contribution in [-0.2, 0) is 13.1 Å². The molecule has 3 aromatic heterocycles. The summed E-state index contributed by atoms with van der Waals surface area (Å²) >= 11 is 1.66. The van der Waals surface area contributed by atoms with E-state index in [4.69, 9.17) is 4.42 Å². The maximum absolute atomic E-state index is 5.35. The molecule has 4 aromatic rings. The predicted molar refractivity (Wildman–Crippen MR) is 103 cm³/mol. The highest BCUT2D eigenvalue weighted by atomic mass is 32.2. The van der Waals surface area contributed by atoms with Gasteiger partial charge in [-0.1, -0.05) is 48.5 Å². The molecule has 1 aromatic carbocycles. The monoisotopic (exact) mass is 396 g/mol. The third kappa shape index (κ3) is 4.83. The lowest BCUT2D eigenvalue weighted by atomic mass is 10.2. The lowest BCUT2D eigenvalue weighted by Crippen LogP contribution is -2.04. The zero-order valence-corrected chi connectivity index (χ0v) is 16.1. The van der Waals surface area contributed by atoms with Crippen LogP contribution in [0.1, 0.15) is 25.0 Å². The fourth-order valence-electron chi connectivity index (χ4n) is 2.69. The molecular weight excluding hydrogens is 376 g/mol. The van der Waals surface area contributed by atoms with Crippen molar-refractivity contribution in [2.45, 2.75) is 37.5 Å². The first kappa shape index (κ1) is 18.4. The summed E-state index contributed by atoms with van der Waals surface area (Å²) in [7, 11) is 0. The Kier molecular flexibility index (Phi) is 6.08. The van der Waals surface area contributed by atoms with Gasteiger partial charge in [-0.2, -0.15) is 4.80 Å². The van der Waals surface area contributed by atoms with Gasteiger partial charge in [0.05, 0.1) is 12.8 Å². The smallest absolute Gasteiger partial charge is 0.209 e. The van der Waals surface area contributed by atoms with Crippen LogP contribution in [0.15, 0.2) is 58.3 Å². The maximum atomic E-state index is 5.35. The molecule has 9 nitrogen and oxygen atoms in total. The van der Waals surface area contributed by atoms with Gasteiger partial charge in [-0.15, -0.1) is 15.3 Å². The van der Waals surface area contributed by atoms with Crippen LogP contribution in [0, 0.1) is 0 Å². The number of thioether (sulfide) groups is 1. The van der Waals surface area contributed by atoms with Crippen LogP contribution in [0.4, 0.5) is 0 Å². The van der Waals surface area contributed by atoms with Gasteiger partial charge >= 0.3 is 0 Å². The summed E-state index contributed by atoms with van der Waals surface area (Å²) in [4.78, 5) is 1.67. The molecule has 28 heavy (non-hydrogen) atoms. The van der Waals surface area contributed by atoms with Gasteiger partial charge in [-0.05, 0) is 40.6 Å². The summed E-state index contributed by atoms with van der Waals surface area (Å²) in [5.41, 5.74) is 0.984. The van der Waals surface area contributed by atoms with Crippen molar-refractivity contribution >= 4 is 11.8 Å². The molecule has 0 amide bonds. The standard InChI is InChI=1S/C18H20N8OS/c1-3-8-15(9-4-1)17-19-23-26(21-17)11-5-2-6-13-28-18-20-22-24-25(18)14-16-10-7-12-27-16/h1,3-4,7-10,12H,2,5-6,11,13-14H2. The number of aromatic nitrogens is 8. The summed E-state index contributed by atoms with van der Waals surface area (Å²) < 4.78 is 7.10. The molecule has 3 heterocycles. The zero-order chi connectivity index (χ0) is 19.0. The molecule has 0 saturated heterocycles. The van der Waals surface area contributed by atoms with Gasteiger partial charge in [0.2, 0.25) is 11.0 Å². The number of unbranched alkanes of at least 4 members (excludes halogenated alkanes) is 2. The molecule has 0 radical (unpaired) electrons. The maximum Gasteiger partial charge on any atom is 0.209 e. The van der Waals surface area contributed by atoms with Crippen LogP contribution in [0.5, 0.6) is 0 Å². The van der Waals surface area contributed by atoms with Crippen LogP contribution in [0.25, 0.3) is 11.4 Å². The predicted octanol–water partition coefficient (Wildman–Crippen LogP) is 2.93. The zero-order valence-electron chi connectivity index (χ0n) is 15.3. The number of benzene rings is 1. The van der Waals surface area contributed by atoms with Crippen molar-refractivity contribution in [3.05, 3.63) is 54.5 Å². The molecule has 0 unspecified atom stereocenters. The van der Waals surface area contributed by atoms with E-state index >= 15 is 0 Å². The van der Waals surface area contributed by atoms with Crippen molar-refractivity contribution in [2.24, 2.45) is 0 Å². The van der Waals surface area contributed by atoms with Gasteiger partial charge in [-0.25, -0.2) is 4.68 Å². The Balaban J connectivity index is 1.16. The Morgan fingerprint density at radius 1 is 0.929 bits per heavy atom. The third-order valence-electron chi connectivity index (χ3n) is 4.10. The fourth-order valence-corrected chi connectivity index (χ4v) is 3.56. The summed E-state index contributed by atoms with van der Waals surface area (Å²) in [5, 5.41) is 25.4. The van der Waals surface area contributed by atoms with Gasteiger partial charge in [0.15, 0.2) is 0 Å². The van der Waals surface area contributed by atoms with Crippen LogP contribution in [0.2, 0.25) is 0 Å². The second kappa shape index (κ2) is 9.27. The fraction of sp³-hybridized carbons (Fsp3) is 0.333. The molecule has 0 fully saturated rings. The molecule has 0 bridgehead atoms. The lowest BCUT2D eigenvalue weighted by molar-refractivity contribution is 0.462. The van der Waals surface area contributed by atoms with E-state index in [1.807, 2.05) is 42.5 Å². The molecule has 0 N–H and O–H groups in total. The van der Waals surface area contributed by atoms with Gasteiger partial charge in [0, 0.05) is 11.3 Å². The second-order valence-electron chi connectivity index (χ2n) is 6.18. The van der Waals surface area contributed by atoms with Crippen molar-refractivity contribution in [3.63, 3.8) is 0 Å². The van der Waals surface area contributed by atoms with E-state index < -0.39 is 0 Å². The first-order valence-corrected chi connectivity index (χ1v) is 10.1. The van der Waals surface area contributed by atoms with E-state index in [0.29, 0.717) is 12.4 Å². The van der Waals surface area contributed by atoms with Gasteiger partial charge in [0.25, 0.3) is 0 Å². The Labute approximate surface area is 166 Å². The second-order valence-corrected chi connectivity index (χ2v) is 7.24. The van der Waals surface area contributed by atoms with Crippen molar-refractivity contribution < 1.29 is 4.42 Å². The lowest BCUT2D eigenvalue weighted by Gasteiger charge is -2.03. The molecule has 0 aliphatic carbocycles. The number of nitrogens with zero attached hydrogens (tertiary/aromatic N) is 8. The van der Waals surface area contributed by atoms with Gasteiger partial charge < -0.3 is 4.42 Å². The number of tetrazole rings is 2. The van der Waals surface area contributed by atoms with Crippen LogP contribution in [0.3, 0.4) is 0 Å². The summed E-state index contributed by atoms with van der Waals surface area (Å²) in [6, 6.07) is 13.7. The van der Waals surface area contributed by atoms with Gasteiger partial charge in [-0.3, -0.25) is 0 Å². The highest BCUT2D eigenvalue weighted by Crippen LogP contribution is 2.17. The molecule has 144 valence electrons. The van der Waals surface area contributed by atoms with E-state index in [2.05, 4.69) is 30.9 Å². The van der Waals surface area contributed by atoms with Crippen molar-refractivity contribution in [1.82, 2.24) is 40.4 Å². The summed E-state index contributed by atoms with van der Waals surface area (Å²) in [6.07, 6.45) is 4.80. The SMILES string of the molecule is c1ccc(-c2nnn(CCCCCSc3nnnn3Cc3ccco3)n2)cc1. The summed E-state index contributed by atoms with van der Waals surface area (Å²) in [6.45, 7) is 1.31. The highest BCUT2D eigenvalue weighted by Gasteiger charge is 2.09. The molecule has 0 aliphatic heterocycles. The van der Waals surface area contributed by atoms with Crippen LogP contribution < -0.4 is 0 Å². The van der Waals surface area contributed by atoms with E-state index in [9.17, 15) is 0 Å². The molecule has 0 spiro atoms. The first-order valence-electron chi connectivity index (χ1n) is 9.13. The molecule has 10 heteroatoms. The first-order chi connectivity index (χ1) is 13.9. The van der Waals surface area contributed by atoms with Crippen LogP contribution >= 0.6 is 11.8 Å². The Morgan fingerprint density at radius 2 is 1.86 bits per heavy atom. The number of hydrogen-bond acceptors (Lipinski definition) is 8. The molecular formula is C18H20N8OS. The molecule has 0 atom stereocenters.